The molecule has 0 aliphatic carbocycles. The molecule has 1 N–H and O–H groups in total. The van der Waals surface area contributed by atoms with Gasteiger partial charge < -0.3 is 14.6 Å². The van der Waals surface area contributed by atoms with Crippen LogP contribution in [-0.2, 0) is 13.6 Å². The van der Waals surface area contributed by atoms with E-state index >= 15 is 0 Å². The predicted octanol–water partition coefficient (Wildman–Crippen LogP) is 2.82. The van der Waals surface area contributed by atoms with Crippen molar-refractivity contribution in [3.05, 3.63) is 60.3 Å². The first-order valence-corrected chi connectivity index (χ1v) is 7.46. The van der Waals surface area contributed by atoms with Crippen LogP contribution >= 0.6 is 0 Å². The van der Waals surface area contributed by atoms with Gasteiger partial charge in [-0.25, -0.2) is 4.98 Å². The number of imidazole rings is 1. The number of nitrogens with one attached hydrogen (secondary N) is 1. The summed E-state index contributed by atoms with van der Waals surface area (Å²) in [6, 6.07) is 7.25. The number of ether oxygens (including phenoxy) is 1. The van der Waals surface area contributed by atoms with Crippen molar-refractivity contribution in [2.24, 2.45) is 7.05 Å². The Kier molecular flexibility index (Phi) is 4.65. The topological polar surface area (TPSA) is 74.0 Å². The monoisotopic (exact) mass is 365 g/mol. The molecule has 2 aromatic heterocycles. The molecule has 0 spiro atoms. The molecule has 1 amide bonds. The fraction of sp³-hybridized carbons (Fsp3) is 0.188. The number of halogens is 3. The summed E-state index contributed by atoms with van der Waals surface area (Å²) in [6.07, 6.45) is -0.144. The van der Waals surface area contributed by atoms with Crippen LogP contribution in [0.5, 0.6) is 5.75 Å². The number of benzene rings is 1. The number of carbonyl (C=O) groups excluding carboxylic acids is 1. The van der Waals surface area contributed by atoms with Crippen LogP contribution in [0.25, 0.3) is 0 Å². The van der Waals surface area contributed by atoms with Crippen LogP contribution in [0.15, 0.2) is 49.1 Å². The average molecular weight is 365 g/mol. The van der Waals surface area contributed by atoms with Gasteiger partial charge in [0.25, 0.3) is 5.91 Å². The van der Waals surface area contributed by atoms with Gasteiger partial charge in [-0.3, -0.25) is 9.48 Å². The Hall–Kier alpha value is -3.30. The lowest BCUT2D eigenvalue weighted by Gasteiger charge is -2.10. The Bertz CT molecular complexity index is 917. The summed E-state index contributed by atoms with van der Waals surface area (Å²) < 4.78 is 43.9. The summed E-state index contributed by atoms with van der Waals surface area (Å²) in [5.74, 6) is -0.344. The third-order valence-corrected chi connectivity index (χ3v) is 3.32. The zero-order chi connectivity index (χ0) is 18.7. The number of aromatic nitrogens is 4. The second-order valence-electron chi connectivity index (χ2n) is 5.46. The minimum atomic E-state index is -4.75. The molecule has 26 heavy (non-hydrogen) atoms. The molecule has 0 saturated heterocycles. The van der Waals surface area contributed by atoms with E-state index in [4.69, 9.17) is 0 Å². The molecule has 136 valence electrons. The Morgan fingerprint density at radius 1 is 1.31 bits per heavy atom. The van der Waals surface area contributed by atoms with E-state index in [0.29, 0.717) is 11.4 Å². The zero-order valence-electron chi connectivity index (χ0n) is 13.6. The number of carbonyl (C=O) groups is 1. The number of alkyl halides is 3. The van der Waals surface area contributed by atoms with Crippen molar-refractivity contribution in [3.8, 4) is 5.75 Å². The van der Waals surface area contributed by atoms with E-state index in [0.717, 1.165) is 0 Å². The second kappa shape index (κ2) is 6.90. The van der Waals surface area contributed by atoms with Crippen molar-refractivity contribution in [3.63, 3.8) is 0 Å². The smallest absolute Gasteiger partial charge is 0.406 e. The maximum atomic E-state index is 12.3. The number of nitrogens with zero attached hydrogens (tertiary/aromatic N) is 4. The third-order valence-electron chi connectivity index (χ3n) is 3.32. The fourth-order valence-electron chi connectivity index (χ4n) is 2.28. The molecule has 7 nitrogen and oxygen atoms in total. The Morgan fingerprint density at radius 2 is 2.12 bits per heavy atom. The van der Waals surface area contributed by atoms with Gasteiger partial charge >= 0.3 is 6.36 Å². The van der Waals surface area contributed by atoms with E-state index in [1.54, 1.807) is 34.6 Å². The van der Waals surface area contributed by atoms with Crippen molar-refractivity contribution in [1.29, 1.82) is 0 Å². The first kappa shape index (κ1) is 17.5. The number of amides is 1. The summed E-state index contributed by atoms with van der Waals surface area (Å²) >= 11 is 0. The lowest BCUT2D eigenvalue weighted by atomic mass is 10.2. The number of rotatable bonds is 5. The first-order valence-electron chi connectivity index (χ1n) is 7.46. The lowest BCUT2D eigenvalue weighted by Crippen LogP contribution is -2.17. The molecule has 1 aromatic carbocycles. The molecule has 3 aromatic rings. The molecule has 0 unspecified atom stereocenters. The fourth-order valence-corrected chi connectivity index (χ4v) is 2.28. The molecule has 0 fully saturated rings. The molecule has 2 heterocycles. The molecule has 0 radical (unpaired) electrons. The molecular weight excluding hydrogens is 351 g/mol. The van der Waals surface area contributed by atoms with E-state index in [1.165, 1.54) is 30.7 Å². The maximum Gasteiger partial charge on any atom is 0.573 e. The Morgan fingerprint density at radius 3 is 2.81 bits per heavy atom. The summed E-state index contributed by atoms with van der Waals surface area (Å²) in [4.78, 5) is 16.1. The third kappa shape index (κ3) is 4.62. The van der Waals surface area contributed by atoms with Crippen molar-refractivity contribution in [2.75, 3.05) is 5.32 Å². The number of hydrogen-bond acceptors (Lipinski definition) is 4. The first-order chi connectivity index (χ1) is 12.3. The summed E-state index contributed by atoms with van der Waals surface area (Å²) in [5.41, 5.74) is 0.735. The molecular formula is C16H14F3N5O2. The lowest BCUT2D eigenvalue weighted by molar-refractivity contribution is -0.274. The van der Waals surface area contributed by atoms with Crippen LogP contribution in [0, 0.1) is 0 Å². The molecule has 0 aliphatic heterocycles. The van der Waals surface area contributed by atoms with Crippen molar-refractivity contribution in [1.82, 2.24) is 19.3 Å². The number of anilines is 1. The van der Waals surface area contributed by atoms with E-state index < -0.39 is 12.3 Å². The van der Waals surface area contributed by atoms with Crippen molar-refractivity contribution < 1.29 is 22.7 Å². The van der Waals surface area contributed by atoms with Gasteiger partial charge in [0.15, 0.2) is 5.82 Å². The molecule has 0 saturated carbocycles. The van der Waals surface area contributed by atoms with Gasteiger partial charge in [-0.05, 0) is 17.7 Å². The number of hydrogen-bond donors (Lipinski definition) is 1. The van der Waals surface area contributed by atoms with Gasteiger partial charge in [-0.2, -0.15) is 5.10 Å². The molecule has 10 heteroatoms. The van der Waals surface area contributed by atoms with E-state index in [2.05, 4.69) is 20.1 Å². The van der Waals surface area contributed by atoms with Gasteiger partial charge in [0.1, 0.15) is 11.4 Å². The quantitative estimate of drug-likeness (QED) is 0.755. The van der Waals surface area contributed by atoms with E-state index in [9.17, 15) is 18.0 Å². The van der Waals surface area contributed by atoms with Gasteiger partial charge in [0.2, 0.25) is 0 Å². The van der Waals surface area contributed by atoms with Gasteiger partial charge in [0.05, 0.1) is 6.33 Å². The zero-order valence-corrected chi connectivity index (χ0v) is 13.6. The minimum Gasteiger partial charge on any atom is -0.406 e. The standard InChI is InChI=1S/C16H14F3N5O2/c1-23-6-5-14(22-23)21-15(25)13-9-24(10-20-13)8-11-3-2-4-12(7-11)26-16(17,18)19/h2-7,9-10H,8H2,1H3,(H,21,22,25). The van der Waals surface area contributed by atoms with Crippen LogP contribution in [0.4, 0.5) is 19.0 Å². The van der Waals surface area contributed by atoms with Crippen LogP contribution in [0.3, 0.4) is 0 Å². The highest BCUT2D eigenvalue weighted by molar-refractivity contribution is 6.02. The molecule has 0 aliphatic rings. The number of aryl methyl sites for hydroxylation is 1. The Balaban J connectivity index is 1.66. The Labute approximate surface area is 146 Å². The summed E-state index contributed by atoms with van der Waals surface area (Å²) in [6.45, 7) is 0.235. The SMILES string of the molecule is Cn1ccc(NC(=O)c2cn(Cc3cccc(OC(F)(F)F)c3)cn2)n1. The van der Waals surface area contributed by atoms with Crippen LogP contribution < -0.4 is 10.1 Å². The minimum absolute atomic E-state index is 0.165. The molecule has 0 atom stereocenters. The molecule has 3 rings (SSSR count). The summed E-state index contributed by atoms with van der Waals surface area (Å²) in [7, 11) is 1.72. The van der Waals surface area contributed by atoms with Gasteiger partial charge in [0, 0.05) is 32.1 Å². The highest BCUT2D eigenvalue weighted by Gasteiger charge is 2.31. The van der Waals surface area contributed by atoms with Crippen LogP contribution in [0.2, 0.25) is 0 Å². The second-order valence-corrected chi connectivity index (χ2v) is 5.46. The molecule has 0 bridgehead atoms. The average Bonchev–Trinajstić information content (AvgIpc) is 3.15. The van der Waals surface area contributed by atoms with Crippen molar-refractivity contribution in [2.45, 2.75) is 12.9 Å². The van der Waals surface area contributed by atoms with Gasteiger partial charge in [-0.15, -0.1) is 13.2 Å². The van der Waals surface area contributed by atoms with Crippen LogP contribution in [-0.4, -0.2) is 31.6 Å². The largest absolute Gasteiger partial charge is 0.573 e. The van der Waals surface area contributed by atoms with E-state index in [-0.39, 0.29) is 18.0 Å². The predicted molar refractivity (Wildman–Crippen MR) is 85.6 cm³/mol. The maximum absolute atomic E-state index is 12.3. The normalized spacial score (nSPS) is 11.4. The van der Waals surface area contributed by atoms with E-state index in [1.807, 2.05) is 0 Å². The summed E-state index contributed by atoms with van der Waals surface area (Å²) in [5, 5.41) is 6.63. The van der Waals surface area contributed by atoms with Crippen LogP contribution in [0.1, 0.15) is 16.1 Å². The van der Waals surface area contributed by atoms with Gasteiger partial charge in [-0.1, -0.05) is 12.1 Å². The van der Waals surface area contributed by atoms with Crippen molar-refractivity contribution >= 4 is 11.7 Å². The highest BCUT2D eigenvalue weighted by Crippen LogP contribution is 2.23. The highest BCUT2D eigenvalue weighted by atomic mass is 19.4.